The number of hydrogen-bond acceptors (Lipinski definition) is 8. The molecule has 0 radical (unpaired) electrons. The van der Waals surface area contributed by atoms with E-state index in [1.54, 1.807) is 0 Å². The summed E-state index contributed by atoms with van der Waals surface area (Å²) >= 11 is 2.96. The Morgan fingerprint density at radius 2 is 1.10 bits per heavy atom. The minimum atomic E-state index is -0.384. The van der Waals surface area contributed by atoms with Crippen molar-refractivity contribution in [2.24, 2.45) is 11.8 Å². The fourth-order valence-electron chi connectivity index (χ4n) is 5.60. The summed E-state index contributed by atoms with van der Waals surface area (Å²) in [6.45, 7) is 11.7. The van der Waals surface area contributed by atoms with Crippen LogP contribution in [0.1, 0.15) is 122 Å². The van der Waals surface area contributed by atoms with E-state index in [1.165, 1.54) is 22.7 Å². The van der Waals surface area contributed by atoms with Crippen molar-refractivity contribution in [2.45, 2.75) is 118 Å². The second-order valence-corrected chi connectivity index (χ2v) is 14.5. The molecule has 230 valence electrons. The van der Waals surface area contributed by atoms with Crippen LogP contribution < -0.4 is 10.6 Å². The molecule has 8 nitrogen and oxygen atoms in total. The van der Waals surface area contributed by atoms with Crippen LogP contribution in [-0.4, -0.2) is 36.0 Å². The van der Waals surface area contributed by atoms with E-state index >= 15 is 0 Å². The molecule has 42 heavy (non-hydrogen) atoms. The van der Waals surface area contributed by atoms with E-state index in [4.69, 9.17) is 9.47 Å². The van der Waals surface area contributed by atoms with Gasteiger partial charge in [-0.05, 0) is 102 Å². The first kappa shape index (κ1) is 32.2. The maximum atomic E-state index is 12.9. The third-order valence-corrected chi connectivity index (χ3v) is 10.0. The Balaban J connectivity index is 1.33. The zero-order valence-electron chi connectivity index (χ0n) is 25.6. The van der Waals surface area contributed by atoms with Crippen LogP contribution in [0, 0.1) is 11.8 Å². The number of unbranched alkanes of at least 4 members (excludes halogenated alkanes) is 1. The predicted octanol–water partition coefficient (Wildman–Crippen LogP) is 7.33. The van der Waals surface area contributed by atoms with Gasteiger partial charge in [-0.25, -0.2) is 9.59 Å². The number of carbonyl (C=O) groups is 4. The van der Waals surface area contributed by atoms with Crippen molar-refractivity contribution in [3.05, 3.63) is 32.0 Å². The number of rotatable bonds is 11. The summed E-state index contributed by atoms with van der Waals surface area (Å²) in [4.78, 5) is 53.9. The summed E-state index contributed by atoms with van der Waals surface area (Å²) in [5, 5.41) is 7.06. The van der Waals surface area contributed by atoms with Crippen molar-refractivity contribution in [1.29, 1.82) is 0 Å². The summed E-state index contributed by atoms with van der Waals surface area (Å²) in [6, 6.07) is 0. The van der Waals surface area contributed by atoms with Gasteiger partial charge >= 0.3 is 11.9 Å². The molecule has 0 saturated carbocycles. The van der Waals surface area contributed by atoms with E-state index in [0.29, 0.717) is 45.8 Å². The topological polar surface area (TPSA) is 111 Å². The first-order chi connectivity index (χ1) is 19.9. The zero-order chi connectivity index (χ0) is 30.6. The van der Waals surface area contributed by atoms with Crippen LogP contribution in [0.2, 0.25) is 0 Å². The van der Waals surface area contributed by atoms with Gasteiger partial charge in [0.15, 0.2) is 0 Å². The first-order valence-electron chi connectivity index (χ1n) is 15.2. The highest BCUT2D eigenvalue weighted by atomic mass is 32.1. The molecule has 2 unspecified atom stereocenters. The van der Waals surface area contributed by atoms with Gasteiger partial charge in [0.1, 0.15) is 10.0 Å². The number of hydrogen-bond donors (Lipinski definition) is 2. The highest BCUT2D eigenvalue weighted by Gasteiger charge is 2.31. The lowest BCUT2D eigenvalue weighted by Crippen LogP contribution is -2.19. The van der Waals surface area contributed by atoms with Gasteiger partial charge in [0, 0.05) is 22.6 Å². The van der Waals surface area contributed by atoms with E-state index in [2.05, 4.69) is 24.5 Å². The number of nitrogens with one attached hydrogen (secondary N) is 2. The van der Waals surface area contributed by atoms with Crippen molar-refractivity contribution in [2.75, 3.05) is 10.6 Å². The summed E-state index contributed by atoms with van der Waals surface area (Å²) < 4.78 is 11.0. The van der Waals surface area contributed by atoms with Crippen molar-refractivity contribution in [3.8, 4) is 0 Å². The molecule has 2 aliphatic carbocycles. The molecule has 0 fully saturated rings. The van der Waals surface area contributed by atoms with Gasteiger partial charge < -0.3 is 20.1 Å². The molecule has 2 heterocycles. The number of amides is 2. The fraction of sp³-hybridized carbons (Fsp3) is 0.625. The van der Waals surface area contributed by atoms with Gasteiger partial charge in [0.05, 0.1) is 23.3 Å². The normalized spacial score (nSPS) is 17.9. The highest BCUT2D eigenvalue weighted by Crippen LogP contribution is 2.41. The molecule has 2 atom stereocenters. The molecular formula is C32H44N2O6S2. The number of carbonyl (C=O) groups excluding carboxylic acids is 4. The summed E-state index contributed by atoms with van der Waals surface area (Å²) in [7, 11) is 0. The van der Waals surface area contributed by atoms with Crippen molar-refractivity contribution < 1.29 is 28.7 Å². The van der Waals surface area contributed by atoms with Gasteiger partial charge in [-0.2, -0.15) is 0 Å². The molecule has 2 N–H and O–H groups in total. The van der Waals surface area contributed by atoms with Gasteiger partial charge in [-0.1, -0.05) is 13.8 Å². The van der Waals surface area contributed by atoms with Crippen molar-refractivity contribution in [3.63, 3.8) is 0 Å². The summed E-state index contributed by atoms with van der Waals surface area (Å²) in [5.41, 5.74) is 3.03. The fourth-order valence-corrected chi connectivity index (χ4v) is 8.44. The van der Waals surface area contributed by atoms with Gasteiger partial charge in [-0.15, -0.1) is 22.7 Å². The van der Waals surface area contributed by atoms with Crippen LogP contribution >= 0.6 is 22.7 Å². The Morgan fingerprint density at radius 3 is 1.45 bits per heavy atom. The molecule has 2 aromatic heterocycles. The van der Waals surface area contributed by atoms with Crippen LogP contribution in [0.25, 0.3) is 0 Å². The number of fused-ring (bicyclic) bond motifs is 2. The number of anilines is 2. The third kappa shape index (κ3) is 8.01. The molecule has 10 heteroatoms. The molecule has 0 spiro atoms. The Hall–Kier alpha value is -2.72. The van der Waals surface area contributed by atoms with E-state index in [1.807, 2.05) is 27.7 Å². The monoisotopic (exact) mass is 616 g/mol. The Morgan fingerprint density at radius 1 is 0.714 bits per heavy atom. The van der Waals surface area contributed by atoms with Gasteiger partial charge in [-0.3, -0.25) is 9.59 Å². The second-order valence-electron chi connectivity index (χ2n) is 12.3. The maximum absolute atomic E-state index is 12.9. The largest absolute Gasteiger partial charge is 0.459 e. The molecule has 2 amide bonds. The third-order valence-electron chi connectivity index (χ3n) is 7.68. The van der Waals surface area contributed by atoms with Crippen LogP contribution in [0.15, 0.2) is 0 Å². The lowest BCUT2D eigenvalue weighted by molar-refractivity contribution is -0.118. The van der Waals surface area contributed by atoms with E-state index < -0.39 is 0 Å². The minimum Gasteiger partial charge on any atom is -0.459 e. The molecule has 0 saturated heterocycles. The average Bonchev–Trinajstić information content (AvgIpc) is 3.42. The maximum Gasteiger partial charge on any atom is 0.341 e. The van der Waals surface area contributed by atoms with Crippen LogP contribution in [0.3, 0.4) is 0 Å². The Bertz CT molecular complexity index is 1220. The lowest BCUT2D eigenvalue weighted by atomic mass is 9.88. The number of ether oxygens (including phenoxy) is 2. The molecule has 4 rings (SSSR count). The molecular weight excluding hydrogens is 572 g/mol. The average molecular weight is 617 g/mol. The summed E-state index contributed by atoms with van der Waals surface area (Å²) in [5.74, 6) is -0.0468. The molecule has 2 aromatic rings. The molecule has 0 bridgehead atoms. The number of esters is 2. The summed E-state index contributed by atoms with van der Waals surface area (Å²) in [6.07, 6.45) is 6.46. The van der Waals surface area contributed by atoms with Gasteiger partial charge in [0.2, 0.25) is 11.8 Å². The molecule has 2 aliphatic rings. The number of thiophene rings is 2. The first-order valence-corrected chi connectivity index (χ1v) is 16.9. The lowest BCUT2D eigenvalue weighted by Gasteiger charge is -2.19. The van der Waals surface area contributed by atoms with Crippen LogP contribution in [0.5, 0.6) is 0 Å². The molecule has 0 aliphatic heterocycles. The highest BCUT2D eigenvalue weighted by molar-refractivity contribution is 7.17. The Labute approximate surface area is 256 Å². The van der Waals surface area contributed by atoms with E-state index in [-0.39, 0.29) is 48.8 Å². The predicted molar refractivity (Wildman–Crippen MR) is 168 cm³/mol. The standard InChI is InChI=1S/C32H44N2O6S2/c1-17(2)39-31(37)27-21-13-11-19(5)15-23(21)41-29(27)33-25(35)9-7-8-10-26(36)34-30-28(32(38)40-18(3)4)22-14-12-20(6)16-24(22)42-30/h17-20H,7-16H2,1-6H3,(H,33,35)(H,34,36). The van der Waals surface area contributed by atoms with E-state index in [0.717, 1.165) is 59.4 Å². The van der Waals surface area contributed by atoms with Gasteiger partial charge in [0.25, 0.3) is 0 Å². The zero-order valence-corrected chi connectivity index (χ0v) is 27.3. The minimum absolute atomic E-state index is 0.181. The van der Waals surface area contributed by atoms with Crippen molar-refractivity contribution in [1.82, 2.24) is 0 Å². The van der Waals surface area contributed by atoms with E-state index in [9.17, 15) is 19.2 Å². The van der Waals surface area contributed by atoms with Crippen molar-refractivity contribution >= 4 is 56.4 Å². The smallest absolute Gasteiger partial charge is 0.341 e. The van der Waals surface area contributed by atoms with Crippen LogP contribution in [0.4, 0.5) is 10.0 Å². The van der Waals surface area contributed by atoms with Crippen LogP contribution in [-0.2, 0) is 44.7 Å². The Kier molecular flexibility index (Phi) is 10.9. The second kappa shape index (κ2) is 14.2. The SMILES string of the molecule is CC1CCc2c(sc(NC(=O)CCCCC(=O)Nc3sc4c(c3C(=O)OC(C)C)CCC(C)C4)c2C(=O)OC(C)C)C1. The molecule has 0 aromatic carbocycles. The quantitative estimate of drug-likeness (QED) is 0.202.